The summed E-state index contributed by atoms with van der Waals surface area (Å²) >= 11 is 0. The first kappa shape index (κ1) is 18.4. The van der Waals surface area contributed by atoms with Crippen LogP contribution in [0, 0.1) is 13.8 Å². The van der Waals surface area contributed by atoms with Crippen LogP contribution in [0.3, 0.4) is 0 Å². The van der Waals surface area contributed by atoms with Crippen LogP contribution in [0.25, 0.3) is 16.6 Å². The maximum Gasteiger partial charge on any atom is 0.275 e. The van der Waals surface area contributed by atoms with E-state index in [9.17, 15) is 9.90 Å². The Morgan fingerprint density at radius 2 is 1.93 bits per heavy atom. The number of nitrogens with zero attached hydrogens (tertiary/aromatic N) is 3. The van der Waals surface area contributed by atoms with Gasteiger partial charge in [0.1, 0.15) is 5.75 Å². The van der Waals surface area contributed by atoms with Gasteiger partial charge in [-0.05, 0) is 56.3 Å². The molecule has 6 heteroatoms. The predicted octanol–water partition coefficient (Wildman–Crippen LogP) is 4.11. The third-order valence-electron chi connectivity index (χ3n) is 4.83. The van der Waals surface area contributed by atoms with Crippen LogP contribution < -0.4 is 5.43 Å². The van der Waals surface area contributed by atoms with Crippen molar-refractivity contribution in [2.75, 3.05) is 0 Å². The van der Waals surface area contributed by atoms with E-state index in [0.29, 0.717) is 0 Å². The molecule has 0 atom stereocenters. The number of aromatic nitrogens is 2. The molecule has 144 valence electrons. The third kappa shape index (κ3) is 3.60. The molecule has 0 unspecified atom stereocenters. The molecule has 2 heterocycles. The van der Waals surface area contributed by atoms with Crippen LogP contribution in [0.15, 0.2) is 72.0 Å². The number of phenolic OH excluding ortho intramolecular Hbond substituents is 1. The predicted molar refractivity (Wildman–Crippen MR) is 114 cm³/mol. The average molecular weight is 384 g/mol. The zero-order valence-corrected chi connectivity index (χ0v) is 16.1. The number of para-hydroxylation sites is 1. The first-order valence-corrected chi connectivity index (χ1v) is 9.20. The summed E-state index contributed by atoms with van der Waals surface area (Å²) in [5, 5.41) is 14.9. The maximum absolute atomic E-state index is 12.2. The number of hydrogen-bond donors (Lipinski definition) is 2. The van der Waals surface area contributed by atoms with E-state index in [-0.39, 0.29) is 11.3 Å². The standard InChI is InChI=1S/C23H20N4O2/c1-15-12-18(14-25-26-23(29)20-7-3-4-8-22(20)28)16(2)27(15)19-9-10-21-17(13-19)6-5-11-24-21/h3-14,28H,1-2H3,(H,26,29)/b25-14+. The fourth-order valence-electron chi connectivity index (χ4n) is 3.40. The lowest BCUT2D eigenvalue weighted by Gasteiger charge is -2.10. The van der Waals surface area contributed by atoms with Crippen molar-refractivity contribution in [2.45, 2.75) is 13.8 Å². The Kier molecular flexibility index (Phi) is 4.83. The van der Waals surface area contributed by atoms with Crippen molar-refractivity contribution in [1.29, 1.82) is 0 Å². The van der Waals surface area contributed by atoms with Crippen LogP contribution in [-0.2, 0) is 0 Å². The summed E-state index contributed by atoms with van der Waals surface area (Å²) in [6.07, 6.45) is 3.39. The van der Waals surface area contributed by atoms with Crippen molar-refractivity contribution in [3.63, 3.8) is 0 Å². The molecule has 0 radical (unpaired) electrons. The summed E-state index contributed by atoms with van der Waals surface area (Å²) in [4.78, 5) is 16.5. The Morgan fingerprint density at radius 3 is 2.76 bits per heavy atom. The smallest absolute Gasteiger partial charge is 0.275 e. The number of nitrogens with one attached hydrogen (secondary N) is 1. The summed E-state index contributed by atoms with van der Waals surface area (Å²) in [7, 11) is 0. The molecule has 4 aromatic rings. The van der Waals surface area contributed by atoms with Crippen LogP contribution in [0.2, 0.25) is 0 Å². The Hall–Kier alpha value is -3.93. The van der Waals surface area contributed by atoms with Crippen molar-refractivity contribution in [3.8, 4) is 11.4 Å². The van der Waals surface area contributed by atoms with E-state index in [1.807, 2.05) is 44.2 Å². The zero-order chi connectivity index (χ0) is 20.4. The fraction of sp³-hybridized carbons (Fsp3) is 0.0870. The minimum atomic E-state index is -0.463. The Morgan fingerprint density at radius 1 is 1.10 bits per heavy atom. The molecular weight excluding hydrogens is 364 g/mol. The first-order chi connectivity index (χ1) is 14.0. The van der Waals surface area contributed by atoms with E-state index >= 15 is 0 Å². The molecule has 4 rings (SSSR count). The second kappa shape index (κ2) is 7.59. The summed E-state index contributed by atoms with van der Waals surface area (Å²) in [6, 6.07) is 18.5. The number of aromatic hydroxyl groups is 1. The monoisotopic (exact) mass is 384 g/mol. The van der Waals surface area contributed by atoms with Crippen LogP contribution >= 0.6 is 0 Å². The van der Waals surface area contributed by atoms with Crippen molar-refractivity contribution in [3.05, 3.63) is 89.4 Å². The zero-order valence-electron chi connectivity index (χ0n) is 16.1. The largest absolute Gasteiger partial charge is 0.507 e. The number of amides is 1. The van der Waals surface area contributed by atoms with E-state index < -0.39 is 5.91 Å². The molecule has 2 aromatic heterocycles. The second-order valence-electron chi connectivity index (χ2n) is 6.76. The van der Waals surface area contributed by atoms with E-state index in [4.69, 9.17) is 0 Å². The van der Waals surface area contributed by atoms with Crippen molar-refractivity contribution >= 4 is 23.0 Å². The molecule has 0 aliphatic rings. The highest BCUT2D eigenvalue weighted by Crippen LogP contribution is 2.23. The Bertz CT molecular complexity index is 1240. The Labute approximate surface area is 168 Å². The molecule has 1 amide bonds. The number of rotatable bonds is 4. The lowest BCUT2D eigenvalue weighted by atomic mass is 10.2. The first-order valence-electron chi connectivity index (χ1n) is 9.20. The van der Waals surface area contributed by atoms with Gasteiger partial charge in [-0.2, -0.15) is 5.10 Å². The molecule has 0 bridgehead atoms. The lowest BCUT2D eigenvalue weighted by molar-refractivity contribution is 0.0952. The highest BCUT2D eigenvalue weighted by molar-refractivity contribution is 5.97. The van der Waals surface area contributed by atoms with Gasteiger partial charge in [0.25, 0.3) is 5.91 Å². The number of pyridine rings is 1. The number of hydrazone groups is 1. The van der Waals surface area contributed by atoms with Crippen LogP contribution in [-0.4, -0.2) is 26.8 Å². The molecule has 6 nitrogen and oxygen atoms in total. The van der Waals surface area contributed by atoms with Gasteiger partial charge in [0.15, 0.2) is 0 Å². The summed E-state index contributed by atoms with van der Waals surface area (Å²) in [5.41, 5.74) is 7.59. The highest BCUT2D eigenvalue weighted by atomic mass is 16.3. The quantitative estimate of drug-likeness (QED) is 0.410. The number of phenols is 1. The summed E-state index contributed by atoms with van der Waals surface area (Å²) < 4.78 is 2.14. The fourth-order valence-corrected chi connectivity index (χ4v) is 3.40. The van der Waals surface area contributed by atoms with Crippen molar-refractivity contribution in [1.82, 2.24) is 15.0 Å². The van der Waals surface area contributed by atoms with Gasteiger partial charge in [-0.1, -0.05) is 18.2 Å². The van der Waals surface area contributed by atoms with Gasteiger partial charge < -0.3 is 9.67 Å². The minimum Gasteiger partial charge on any atom is -0.507 e. The number of benzene rings is 2. The third-order valence-corrected chi connectivity index (χ3v) is 4.83. The van der Waals surface area contributed by atoms with Crippen LogP contribution in [0.5, 0.6) is 5.75 Å². The van der Waals surface area contributed by atoms with Crippen molar-refractivity contribution in [2.24, 2.45) is 5.10 Å². The topological polar surface area (TPSA) is 79.5 Å². The van der Waals surface area contributed by atoms with E-state index in [2.05, 4.69) is 26.1 Å². The molecule has 2 N–H and O–H groups in total. The van der Waals surface area contributed by atoms with Crippen molar-refractivity contribution < 1.29 is 9.90 Å². The molecule has 0 aliphatic heterocycles. The van der Waals surface area contributed by atoms with E-state index in [0.717, 1.165) is 33.5 Å². The molecule has 29 heavy (non-hydrogen) atoms. The van der Waals surface area contributed by atoms with E-state index in [1.165, 1.54) is 6.07 Å². The molecule has 0 spiro atoms. The van der Waals surface area contributed by atoms with Gasteiger partial charge in [-0.15, -0.1) is 0 Å². The molecule has 0 saturated carbocycles. The molecular formula is C23H20N4O2. The lowest BCUT2D eigenvalue weighted by Crippen LogP contribution is -2.17. The number of hydrogen-bond acceptors (Lipinski definition) is 4. The molecule has 0 aliphatic carbocycles. The van der Waals surface area contributed by atoms with Gasteiger partial charge in [-0.25, -0.2) is 5.43 Å². The number of aryl methyl sites for hydroxylation is 1. The number of carbonyl (C=O) groups excluding carboxylic acids is 1. The molecule has 2 aromatic carbocycles. The highest BCUT2D eigenvalue weighted by Gasteiger charge is 2.11. The minimum absolute atomic E-state index is 0.0795. The average Bonchev–Trinajstić information content (AvgIpc) is 3.01. The number of fused-ring (bicyclic) bond motifs is 1. The van der Waals surface area contributed by atoms with Crippen LogP contribution in [0.4, 0.5) is 0 Å². The SMILES string of the molecule is Cc1cc(/C=N/NC(=O)c2ccccc2O)c(C)n1-c1ccc2ncccc2c1. The second-order valence-corrected chi connectivity index (χ2v) is 6.76. The van der Waals surface area contributed by atoms with E-state index in [1.54, 1.807) is 30.6 Å². The maximum atomic E-state index is 12.2. The molecule has 0 saturated heterocycles. The Balaban J connectivity index is 1.59. The van der Waals surface area contributed by atoms with Gasteiger partial charge >= 0.3 is 0 Å². The van der Waals surface area contributed by atoms with Crippen LogP contribution in [0.1, 0.15) is 27.3 Å². The summed E-state index contributed by atoms with van der Waals surface area (Å²) in [5.74, 6) is -0.542. The summed E-state index contributed by atoms with van der Waals surface area (Å²) in [6.45, 7) is 4.03. The van der Waals surface area contributed by atoms with Gasteiger partial charge in [0.05, 0.1) is 17.3 Å². The normalized spacial score (nSPS) is 11.2. The van der Waals surface area contributed by atoms with Gasteiger partial charge in [0.2, 0.25) is 0 Å². The molecule has 0 fully saturated rings. The number of carbonyl (C=O) groups is 1. The van der Waals surface area contributed by atoms with Gasteiger partial charge in [-0.3, -0.25) is 9.78 Å². The van der Waals surface area contributed by atoms with Gasteiger partial charge in [0, 0.05) is 34.2 Å².